The predicted octanol–water partition coefficient (Wildman–Crippen LogP) is 1.72. The number of nitrogens with one attached hydrogen (secondary N) is 1. The third kappa shape index (κ3) is 4.54. The Hall–Kier alpha value is -0.970. The minimum atomic E-state index is 0.749. The maximum absolute atomic E-state index is 4.74. The van der Waals surface area contributed by atoms with Gasteiger partial charge in [-0.2, -0.15) is 0 Å². The molecule has 0 bridgehead atoms. The summed E-state index contributed by atoms with van der Waals surface area (Å²) in [6.45, 7) is 7.33. The summed E-state index contributed by atoms with van der Waals surface area (Å²) in [6.07, 6.45) is 2.54. The smallest absolute Gasteiger partial charge is 0.0547 e. The summed E-state index contributed by atoms with van der Waals surface area (Å²) in [5, 5.41) is 3.33. The van der Waals surface area contributed by atoms with Crippen molar-refractivity contribution in [3.05, 3.63) is 29.6 Å². The number of likely N-dealkylation sites (tertiary alicyclic amines) is 1. The van der Waals surface area contributed by atoms with Gasteiger partial charge in [-0.15, -0.1) is 0 Å². The fourth-order valence-electron chi connectivity index (χ4n) is 2.79. The van der Waals surface area contributed by atoms with Crippen LogP contribution in [-0.2, 0) is 13.1 Å². The number of nitrogens with zero attached hydrogens (tertiary/aromatic N) is 3. The van der Waals surface area contributed by atoms with Crippen molar-refractivity contribution in [3.8, 4) is 0 Å². The summed E-state index contributed by atoms with van der Waals surface area (Å²) in [7, 11) is 4.37. The Balaban J connectivity index is 1.84. The van der Waals surface area contributed by atoms with Crippen LogP contribution in [0.5, 0.6) is 0 Å². The van der Waals surface area contributed by atoms with E-state index in [9.17, 15) is 0 Å². The zero-order valence-electron chi connectivity index (χ0n) is 13.1. The molecule has 2 rings (SSSR count). The van der Waals surface area contributed by atoms with E-state index in [0.717, 1.165) is 31.4 Å². The van der Waals surface area contributed by atoms with Crippen molar-refractivity contribution in [1.29, 1.82) is 0 Å². The molecule has 2 heterocycles. The van der Waals surface area contributed by atoms with Crippen LogP contribution >= 0.6 is 0 Å². The highest BCUT2D eigenvalue weighted by atomic mass is 15.2. The average molecular weight is 276 g/mol. The molecule has 1 aromatic rings. The van der Waals surface area contributed by atoms with Gasteiger partial charge < -0.3 is 10.2 Å². The van der Waals surface area contributed by atoms with Gasteiger partial charge in [0, 0.05) is 32.2 Å². The van der Waals surface area contributed by atoms with Crippen LogP contribution in [0.4, 0.5) is 0 Å². The predicted molar refractivity (Wildman–Crippen MR) is 83.6 cm³/mol. The highest BCUT2D eigenvalue weighted by molar-refractivity contribution is 5.11. The summed E-state index contributed by atoms with van der Waals surface area (Å²) >= 11 is 0. The van der Waals surface area contributed by atoms with E-state index in [2.05, 4.69) is 54.3 Å². The van der Waals surface area contributed by atoms with E-state index >= 15 is 0 Å². The molecule has 0 atom stereocenters. The number of pyridine rings is 1. The first-order valence-electron chi connectivity index (χ1n) is 7.73. The van der Waals surface area contributed by atoms with Crippen LogP contribution in [0, 0.1) is 0 Å². The van der Waals surface area contributed by atoms with Crippen LogP contribution in [0.15, 0.2) is 18.2 Å². The van der Waals surface area contributed by atoms with Crippen molar-refractivity contribution in [2.45, 2.75) is 38.9 Å². The third-order valence-corrected chi connectivity index (χ3v) is 4.09. The zero-order valence-corrected chi connectivity index (χ0v) is 13.1. The summed E-state index contributed by atoms with van der Waals surface area (Å²) < 4.78 is 0. The van der Waals surface area contributed by atoms with Gasteiger partial charge in [-0.25, -0.2) is 0 Å². The van der Waals surface area contributed by atoms with Gasteiger partial charge >= 0.3 is 0 Å². The molecule has 1 aromatic heterocycles. The molecule has 1 fully saturated rings. The monoisotopic (exact) mass is 276 g/mol. The lowest BCUT2D eigenvalue weighted by molar-refractivity contribution is 0.139. The van der Waals surface area contributed by atoms with Crippen LogP contribution in [0.3, 0.4) is 0 Å². The molecule has 0 aromatic carbocycles. The van der Waals surface area contributed by atoms with Gasteiger partial charge in [0.15, 0.2) is 0 Å². The molecule has 0 amide bonds. The number of hydrogen-bond acceptors (Lipinski definition) is 4. The fraction of sp³-hybridized carbons (Fsp3) is 0.688. The van der Waals surface area contributed by atoms with Crippen molar-refractivity contribution in [3.63, 3.8) is 0 Å². The molecule has 4 nitrogen and oxygen atoms in total. The Kier molecular flexibility index (Phi) is 5.95. The van der Waals surface area contributed by atoms with Gasteiger partial charge in [0.05, 0.1) is 11.4 Å². The second kappa shape index (κ2) is 7.72. The largest absolute Gasteiger partial charge is 0.311 e. The standard InChI is InChI=1S/C16H28N4/c1-4-17-12-14-6-5-7-15(18-14)13-20-10-8-16(9-11-20)19(2)3/h5-7,16-17H,4,8-13H2,1-3H3. The molecule has 0 unspecified atom stereocenters. The highest BCUT2D eigenvalue weighted by Crippen LogP contribution is 2.16. The van der Waals surface area contributed by atoms with Crippen LogP contribution in [0.2, 0.25) is 0 Å². The summed E-state index contributed by atoms with van der Waals surface area (Å²) in [4.78, 5) is 9.62. The van der Waals surface area contributed by atoms with Crippen LogP contribution < -0.4 is 5.32 Å². The average Bonchev–Trinajstić information content (AvgIpc) is 2.46. The van der Waals surface area contributed by atoms with E-state index in [1.54, 1.807) is 0 Å². The molecule has 1 aliphatic rings. The lowest BCUT2D eigenvalue weighted by Crippen LogP contribution is -2.41. The molecule has 0 saturated carbocycles. The Morgan fingerprint density at radius 1 is 1.25 bits per heavy atom. The Morgan fingerprint density at radius 3 is 2.60 bits per heavy atom. The van der Waals surface area contributed by atoms with E-state index in [-0.39, 0.29) is 0 Å². The molecule has 0 radical (unpaired) electrons. The van der Waals surface area contributed by atoms with E-state index in [1.165, 1.54) is 31.6 Å². The second-order valence-electron chi connectivity index (χ2n) is 5.87. The van der Waals surface area contributed by atoms with E-state index < -0.39 is 0 Å². The minimum Gasteiger partial charge on any atom is -0.311 e. The van der Waals surface area contributed by atoms with Gasteiger partial charge in [-0.1, -0.05) is 13.0 Å². The lowest BCUT2D eigenvalue weighted by Gasteiger charge is -2.35. The van der Waals surface area contributed by atoms with Crippen molar-refractivity contribution >= 4 is 0 Å². The van der Waals surface area contributed by atoms with E-state index in [0.29, 0.717) is 0 Å². The molecule has 1 N–H and O–H groups in total. The van der Waals surface area contributed by atoms with Gasteiger partial charge in [0.25, 0.3) is 0 Å². The fourth-order valence-corrected chi connectivity index (χ4v) is 2.79. The molecule has 1 aliphatic heterocycles. The van der Waals surface area contributed by atoms with Crippen molar-refractivity contribution in [2.24, 2.45) is 0 Å². The SMILES string of the molecule is CCNCc1cccc(CN2CCC(N(C)C)CC2)n1. The maximum Gasteiger partial charge on any atom is 0.0547 e. The van der Waals surface area contributed by atoms with E-state index in [1.807, 2.05) is 0 Å². The zero-order chi connectivity index (χ0) is 14.4. The van der Waals surface area contributed by atoms with Gasteiger partial charge in [-0.05, 0) is 45.6 Å². The third-order valence-electron chi connectivity index (χ3n) is 4.09. The van der Waals surface area contributed by atoms with Crippen molar-refractivity contribution < 1.29 is 0 Å². The lowest BCUT2D eigenvalue weighted by atomic mass is 10.0. The Labute approximate surface area is 123 Å². The Morgan fingerprint density at radius 2 is 1.95 bits per heavy atom. The molecule has 20 heavy (non-hydrogen) atoms. The summed E-state index contributed by atoms with van der Waals surface area (Å²) in [5.74, 6) is 0. The number of aromatic nitrogens is 1. The van der Waals surface area contributed by atoms with Gasteiger partial charge in [-0.3, -0.25) is 9.88 Å². The van der Waals surface area contributed by atoms with Gasteiger partial charge in [0.2, 0.25) is 0 Å². The van der Waals surface area contributed by atoms with Crippen LogP contribution in [0.25, 0.3) is 0 Å². The second-order valence-corrected chi connectivity index (χ2v) is 5.87. The molecular formula is C16H28N4. The number of hydrogen-bond donors (Lipinski definition) is 1. The summed E-state index contributed by atoms with van der Waals surface area (Å²) in [5.41, 5.74) is 2.34. The molecule has 4 heteroatoms. The first-order chi connectivity index (χ1) is 9.69. The van der Waals surface area contributed by atoms with Crippen LogP contribution in [0.1, 0.15) is 31.2 Å². The first-order valence-corrected chi connectivity index (χ1v) is 7.73. The number of rotatable bonds is 6. The topological polar surface area (TPSA) is 31.4 Å². The van der Waals surface area contributed by atoms with Crippen molar-refractivity contribution in [1.82, 2.24) is 20.1 Å². The Bertz CT molecular complexity index is 397. The maximum atomic E-state index is 4.74. The first kappa shape index (κ1) is 15.4. The van der Waals surface area contributed by atoms with Crippen molar-refractivity contribution in [2.75, 3.05) is 33.7 Å². The highest BCUT2D eigenvalue weighted by Gasteiger charge is 2.20. The quantitative estimate of drug-likeness (QED) is 0.857. The summed E-state index contributed by atoms with van der Waals surface area (Å²) in [6, 6.07) is 7.12. The molecular weight excluding hydrogens is 248 g/mol. The normalized spacial score (nSPS) is 17.8. The molecule has 112 valence electrons. The molecule has 0 spiro atoms. The van der Waals surface area contributed by atoms with Gasteiger partial charge in [0.1, 0.15) is 0 Å². The molecule has 0 aliphatic carbocycles. The van der Waals surface area contributed by atoms with Crippen LogP contribution in [-0.4, -0.2) is 54.6 Å². The number of piperidine rings is 1. The molecule has 1 saturated heterocycles. The minimum absolute atomic E-state index is 0.749. The van der Waals surface area contributed by atoms with E-state index in [4.69, 9.17) is 4.98 Å².